The maximum absolute atomic E-state index is 12.5. The highest BCUT2D eigenvalue weighted by Gasteiger charge is 2.23. The van der Waals surface area contributed by atoms with Gasteiger partial charge in [-0.15, -0.1) is 0 Å². The Morgan fingerprint density at radius 3 is 2.86 bits per heavy atom. The predicted molar refractivity (Wildman–Crippen MR) is 90.2 cm³/mol. The van der Waals surface area contributed by atoms with E-state index in [2.05, 4.69) is 40.2 Å². The molecule has 3 heteroatoms. The van der Waals surface area contributed by atoms with Crippen LogP contribution in [-0.4, -0.2) is 5.78 Å². The minimum atomic E-state index is 0.172. The van der Waals surface area contributed by atoms with Crippen molar-refractivity contribution in [1.82, 2.24) is 0 Å². The lowest BCUT2D eigenvalue weighted by Gasteiger charge is -2.25. The van der Waals surface area contributed by atoms with Crippen LogP contribution in [0.15, 0.2) is 46.9 Å². The van der Waals surface area contributed by atoms with E-state index < -0.39 is 0 Å². The highest BCUT2D eigenvalue weighted by atomic mass is 79.9. The number of ketones is 1. The Kier molecular flexibility index (Phi) is 4.46. The van der Waals surface area contributed by atoms with E-state index in [-0.39, 0.29) is 5.78 Å². The van der Waals surface area contributed by atoms with Gasteiger partial charge in [-0.2, -0.15) is 0 Å². The summed E-state index contributed by atoms with van der Waals surface area (Å²) in [6.07, 6.45) is 3.95. The van der Waals surface area contributed by atoms with E-state index in [9.17, 15) is 4.79 Å². The molecule has 2 aromatic carbocycles. The van der Waals surface area contributed by atoms with Crippen molar-refractivity contribution in [2.45, 2.75) is 31.6 Å². The van der Waals surface area contributed by atoms with Gasteiger partial charge < -0.3 is 0 Å². The first-order valence-electron chi connectivity index (χ1n) is 7.21. The lowest BCUT2D eigenvalue weighted by atomic mass is 9.79. The van der Waals surface area contributed by atoms with Crippen molar-refractivity contribution in [3.8, 4) is 0 Å². The number of halogens is 2. The summed E-state index contributed by atoms with van der Waals surface area (Å²) in [5.74, 6) is 0.510. The summed E-state index contributed by atoms with van der Waals surface area (Å²) in [6.45, 7) is 0. The monoisotopic (exact) mass is 362 g/mol. The van der Waals surface area contributed by atoms with E-state index in [4.69, 9.17) is 11.6 Å². The third-order valence-electron chi connectivity index (χ3n) is 4.17. The highest BCUT2D eigenvalue weighted by molar-refractivity contribution is 9.10. The average Bonchev–Trinajstić information content (AvgIpc) is 2.50. The highest BCUT2D eigenvalue weighted by Crippen LogP contribution is 2.35. The third kappa shape index (κ3) is 3.22. The molecule has 0 bridgehead atoms. The Balaban J connectivity index is 1.81. The van der Waals surface area contributed by atoms with E-state index in [0.717, 1.165) is 23.7 Å². The number of aryl methyl sites for hydroxylation is 1. The lowest BCUT2D eigenvalue weighted by Crippen LogP contribution is -2.14. The van der Waals surface area contributed by atoms with Gasteiger partial charge in [-0.05, 0) is 64.4 Å². The summed E-state index contributed by atoms with van der Waals surface area (Å²) in [5.41, 5.74) is 3.45. The predicted octanol–water partition coefficient (Wildman–Crippen LogP) is 5.80. The average molecular weight is 364 g/mol. The van der Waals surface area contributed by atoms with Crippen molar-refractivity contribution in [1.29, 1.82) is 0 Å². The van der Waals surface area contributed by atoms with Gasteiger partial charge in [-0.1, -0.05) is 41.9 Å². The molecule has 0 fully saturated rings. The Morgan fingerprint density at radius 1 is 1.24 bits per heavy atom. The number of hydrogen-bond donors (Lipinski definition) is 0. The number of rotatable bonds is 3. The third-order valence-corrected chi connectivity index (χ3v) is 5.40. The summed E-state index contributed by atoms with van der Waals surface area (Å²) >= 11 is 9.44. The molecule has 0 amide bonds. The molecule has 1 unspecified atom stereocenters. The van der Waals surface area contributed by atoms with Gasteiger partial charge in [0.1, 0.15) is 0 Å². The molecule has 108 valence electrons. The zero-order chi connectivity index (χ0) is 14.8. The van der Waals surface area contributed by atoms with E-state index in [1.165, 1.54) is 11.1 Å². The molecular formula is C18H16BrClO. The summed E-state index contributed by atoms with van der Waals surface area (Å²) in [4.78, 5) is 12.5. The van der Waals surface area contributed by atoms with Crippen LogP contribution in [0.1, 0.15) is 46.7 Å². The fourth-order valence-corrected chi connectivity index (χ4v) is 3.50. The standard InChI is InChI=1S/C18H16BrClO/c19-16-9-8-14(10-17(16)20)18(21)11-13-6-3-5-12-4-1-2-7-15(12)13/h1-2,4,7-10,13H,3,5-6,11H2. The van der Waals surface area contributed by atoms with Gasteiger partial charge >= 0.3 is 0 Å². The van der Waals surface area contributed by atoms with Gasteiger partial charge in [0.05, 0.1) is 5.02 Å². The van der Waals surface area contributed by atoms with E-state index >= 15 is 0 Å². The number of Topliss-reactive ketones (excluding diaryl/α,β-unsaturated/α-hetero) is 1. The fraction of sp³-hybridized carbons (Fsp3) is 0.278. The van der Waals surface area contributed by atoms with Crippen LogP contribution in [0, 0.1) is 0 Å². The van der Waals surface area contributed by atoms with Gasteiger partial charge in [0.2, 0.25) is 0 Å². The van der Waals surface area contributed by atoms with Crippen LogP contribution in [0.2, 0.25) is 5.02 Å². The quantitative estimate of drug-likeness (QED) is 0.630. The Labute approximate surface area is 138 Å². The summed E-state index contributed by atoms with van der Waals surface area (Å²) in [6, 6.07) is 13.9. The second-order valence-electron chi connectivity index (χ2n) is 5.54. The van der Waals surface area contributed by atoms with Crippen LogP contribution < -0.4 is 0 Å². The first kappa shape index (κ1) is 14.8. The molecule has 1 aliphatic rings. The summed E-state index contributed by atoms with van der Waals surface area (Å²) < 4.78 is 0.823. The number of benzene rings is 2. The van der Waals surface area contributed by atoms with Crippen LogP contribution in [0.4, 0.5) is 0 Å². The molecule has 0 heterocycles. The molecule has 0 N–H and O–H groups in total. The Bertz CT molecular complexity index is 681. The zero-order valence-corrected chi connectivity index (χ0v) is 14.0. The van der Waals surface area contributed by atoms with E-state index in [0.29, 0.717) is 22.9 Å². The molecular weight excluding hydrogens is 348 g/mol. The first-order valence-corrected chi connectivity index (χ1v) is 8.38. The van der Waals surface area contributed by atoms with Crippen molar-refractivity contribution in [2.75, 3.05) is 0 Å². The second kappa shape index (κ2) is 6.33. The van der Waals surface area contributed by atoms with Gasteiger partial charge in [0, 0.05) is 16.5 Å². The maximum Gasteiger partial charge on any atom is 0.163 e. The molecule has 2 aromatic rings. The number of carbonyl (C=O) groups excluding carboxylic acids is 1. The first-order chi connectivity index (χ1) is 10.1. The van der Waals surface area contributed by atoms with Gasteiger partial charge in [-0.25, -0.2) is 0 Å². The van der Waals surface area contributed by atoms with Crippen molar-refractivity contribution in [3.63, 3.8) is 0 Å². The van der Waals surface area contributed by atoms with Gasteiger partial charge in [0.15, 0.2) is 5.78 Å². The maximum atomic E-state index is 12.5. The van der Waals surface area contributed by atoms with Gasteiger partial charge in [0.25, 0.3) is 0 Å². The molecule has 0 aliphatic heterocycles. The van der Waals surface area contributed by atoms with Crippen LogP contribution in [-0.2, 0) is 6.42 Å². The van der Waals surface area contributed by atoms with Crippen LogP contribution in [0.5, 0.6) is 0 Å². The molecule has 0 aromatic heterocycles. The molecule has 1 atom stereocenters. The number of carbonyl (C=O) groups is 1. The normalized spacial score (nSPS) is 17.3. The van der Waals surface area contributed by atoms with E-state index in [1.807, 2.05) is 12.1 Å². The molecule has 1 aliphatic carbocycles. The summed E-state index contributed by atoms with van der Waals surface area (Å²) in [7, 11) is 0. The molecule has 0 saturated carbocycles. The molecule has 21 heavy (non-hydrogen) atoms. The zero-order valence-electron chi connectivity index (χ0n) is 11.6. The minimum Gasteiger partial charge on any atom is -0.294 e. The smallest absolute Gasteiger partial charge is 0.163 e. The summed E-state index contributed by atoms with van der Waals surface area (Å²) in [5, 5.41) is 0.588. The molecule has 0 radical (unpaired) electrons. The Morgan fingerprint density at radius 2 is 2.05 bits per heavy atom. The van der Waals surface area contributed by atoms with Crippen LogP contribution >= 0.6 is 27.5 Å². The van der Waals surface area contributed by atoms with Gasteiger partial charge in [-0.3, -0.25) is 4.79 Å². The second-order valence-corrected chi connectivity index (χ2v) is 6.81. The SMILES string of the molecule is O=C(CC1CCCc2ccccc21)c1ccc(Br)c(Cl)c1. The van der Waals surface area contributed by atoms with E-state index in [1.54, 1.807) is 6.07 Å². The number of hydrogen-bond acceptors (Lipinski definition) is 1. The molecule has 0 saturated heterocycles. The van der Waals surface area contributed by atoms with Crippen molar-refractivity contribution >= 4 is 33.3 Å². The minimum absolute atomic E-state index is 0.172. The molecule has 3 rings (SSSR count). The molecule has 1 nitrogen and oxygen atoms in total. The van der Waals surface area contributed by atoms with Crippen molar-refractivity contribution < 1.29 is 4.79 Å². The van der Waals surface area contributed by atoms with Crippen molar-refractivity contribution in [2.24, 2.45) is 0 Å². The van der Waals surface area contributed by atoms with Crippen LogP contribution in [0.25, 0.3) is 0 Å². The van der Waals surface area contributed by atoms with Crippen LogP contribution in [0.3, 0.4) is 0 Å². The van der Waals surface area contributed by atoms with Crippen molar-refractivity contribution in [3.05, 3.63) is 68.7 Å². The molecule has 0 spiro atoms. The Hall–Kier alpha value is -1.12. The lowest BCUT2D eigenvalue weighted by molar-refractivity contribution is 0.0971. The topological polar surface area (TPSA) is 17.1 Å². The number of fused-ring (bicyclic) bond motifs is 1. The fourth-order valence-electron chi connectivity index (χ4n) is 3.08. The largest absolute Gasteiger partial charge is 0.294 e.